The Balaban J connectivity index is 0.00000288. The lowest BCUT2D eigenvalue weighted by molar-refractivity contribution is -0.119. The van der Waals surface area contributed by atoms with Gasteiger partial charge < -0.3 is 16.0 Å². The highest BCUT2D eigenvalue weighted by Crippen LogP contribution is 2.19. The van der Waals surface area contributed by atoms with Gasteiger partial charge in [-0.05, 0) is 42.9 Å². The topological polar surface area (TPSA) is 70.7 Å². The van der Waals surface area contributed by atoms with Crippen LogP contribution in [0.15, 0.2) is 23.2 Å². The number of aryl methyl sites for hydroxylation is 1. The van der Waals surface area contributed by atoms with E-state index < -0.39 is 0 Å². The Labute approximate surface area is 159 Å². The van der Waals surface area contributed by atoms with E-state index in [2.05, 4.69) is 15.2 Å². The lowest BCUT2D eigenvalue weighted by Crippen LogP contribution is -2.46. The van der Waals surface area contributed by atoms with E-state index in [9.17, 15) is 9.18 Å². The SMILES string of the molecule is CN=C(NCc1ccc(C)c(F)c1)N1CCCC(CC(N)=O)C1.I. The zero-order chi connectivity index (χ0) is 16.8. The largest absolute Gasteiger partial charge is 0.370 e. The van der Waals surface area contributed by atoms with Gasteiger partial charge in [-0.15, -0.1) is 24.0 Å². The van der Waals surface area contributed by atoms with Gasteiger partial charge in [0.15, 0.2) is 5.96 Å². The highest BCUT2D eigenvalue weighted by Gasteiger charge is 2.23. The minimum absolute atomic E-state index is 0. The first kappa shape index (κ1) is 20.7. The van der Waals surface area contributed by atoms with E-state index in [-0.39, 0.29) is 41.6 Å². The fourth-order valence-electron chi connectivity index (χ4n) is 2.97. The minimum Gasteiger partial charge on any atom is -0.370 e. The summed E-state index contributed by atoms with van der Waals surface area (Å²) in [5, 5.41) is 3.27. The highest BCUT2D eigenvalue weighted by atomic mass is 127. The van der Waals surface area contributed by atoms with Crippen LogP contribution in [0.25, 0.3) is 0 Å². The molecule has 1 aromatic carbocycles. The molecule has 0 spiro atoms. The van der Waals surface area contributed by atoms with Crippen molar-refractivity contribution in [1.82, 2.24) is 10.2 Å². The van der Waals surface area contributed by atoms with E-state index >= 15 is 0 Å². The van der Waals surface area contributed by atoms with E-state index in [4.69, 9.17) is 5.73 Å². The van der Waals surface area contributed by atoms with Crippen LogP contribution in [0.4, 0.5) is 4.39 Å². The molecular weight excluding hydrogens is 422 g/mol. The van der Waals surface area contributed by atoms with Crippen molar-refractivity contribution in [3.8, 4) is 0 Å². The normalized spacial score (nSPS) is 18.0. The number of primary amides is 1. The van der Waals surface area contributed by atoms with E-state index in [0.717, 1.165) is 37.5 Å². The maximum atomic E-state index is 13.6. The number of nitrogens with two attached hydrogens (primary N) is 1. The Kier molecular flexibility index (Phi) is 8.44. The predicted octanol–water partition coefficient (Wildman–Crippen LogP) is 2.41. The van der Waals surface area contributed by atoms with Crippen molar-refractivity contribution >= 4 is 35.8 Å². The van der Waals surface area contributed by atoms with Crippen LogP contribution in [-0.4, -0.2) is 36.9 Å². The molecule has 2 rings (SSSR count). The Morgan fingerprint density at radius 1 is 1.50 bits per heavy atom. The molecule has 5 nitrogen and oxygen atoms in total. The fourth-order valence-corrected chi connectivity index (χ4v) is 2.97. The van der Waals surface area contributed by atoms with Gasteiger partial charge in [0, 0.05) is 33.1 Å². The third-order valence-electron chi connectivity index (χ3n) is 4.21. The fraction of sp³-hybridized carbons (Fsp3) is 0.529. The number of benzene rings is 1. The average Bonchev–Trinajstić information content (AvgIpc) is 2.51. The van der Waals surface area contributed by atoms with Gasteiger partial charge in [0.25, 0.3) is 0 Å². The number of piperidine rings is 1. The van der Waals surface area contributed by atoms with E-state index in [0.29, 0.717) is 18.5 Å². The van der Waals surface area contributed by atoms with Gasteiger partial charge in [-0.1, -0.05) is 12.1 Å². The quantitative estimate of drug-likeness (QED) is 0.422. The molecule has 1 aliphatic rings. The lowest BCUT2D eigenvalue weighted by atomic mass is 9.95. The average molecular weight is 448 g/mol. The molecule has 1 fully saturated rings. The van der Waals surface area contributed by atoms with Gasteiger partial charge in [-0.25, -0.2) is 4.39 Å². The third kappa shape index (κ3) is 5.92. The van der Waals surface area contributed by atoms with E-state index in [1.807, 2.05) is 6.07 Å². The molecule has 134 valence electrons. The summed E-state index contributed by atoms with van der Waals surface area (Å²) in [5.41, 5.74) is 6.82. The number of aliphatic imine (C=N–C) groups is 1. The van der Waals surface area contributed by atoms with Crippen molar-refractivity contribution in [1.29, 1.82) is 0 Å². The number of hydrogen-bond donors (Lipinski definition) is 2. The molecule has 0 radical (unpaired) electrons. The van der Waals surface area contributed by atoms with Crippen LogP contribution in [0.3, 0.4) is 0 Å². The third-order valence-corrected chi connectivity index (χ3v) is 4.21. The summed E-state index contributed by atoms with van der Waals surface area (Å²) < 4.78 is 13.6. The van der Waals surface area contributed by atoms with Crippen LogP contribution in [0, 0.1) is 18.7 Å². The molecule has 0 aliphatic carbocycles. The van der Waals surface area contributed by atoms with E-state index in [1.165, 1.54) is 0 Å². The van der Waals surface area contributed by atoms with Gasteiger partial charge >= 0.3 is 0 Å². The molecule has 1 saturated heterocycles. The number of likely N-dealkylation sites (tertiary alicyclic amines) is 1. The van der Waals surface area contributed by atoms with Crippen molar-refractivity contribution in [2.24, 2.45) is 16.6 Å². The lowest BCUT2D eigenvalue weighted by Gasteiger charge is -2.34. The van der Waals surface area contributed by atoms with Crippen molar-refractivity contribution in [3.63, 3.8) is 0 Å². The molecular formula is C17H26FIN4O. The molecule has 0 saturated carbocycles. The first-order valence-electron chi connectivity index (χ1n) is 7.98. The standard InChI is InChI=1S/C17H25FN4O.HI/c1-12-5-6-13(8-15(12)18)10-21-17(20-2)22-7-3-4-14(11-22)9-16(19)23;/h5-6,8,14H,3-4,7,9-11H2,1-2H3,(H2,19,23)(H,20,21);1H. The van der Waals surface area contributed by atoms with Crippen LogP contribution in [0.1, 0.15) is 30.4 Å². The maximum absolute atomic E-state index is 13.6. The molecule has 7 heteroatoms. The first-order chi connectivity index (χ1) is 11.0. The molecule has 1 unspecified atom stereocenters. The number of guanidine groups is 1. The highest BCUT2D eigenvalue weighted by molar-refractivity contribution is 14.0. The van der Waals surface area contributed by atoms with Crippen LogP contribution in [0.5, 0.6) is 0 Å². The number of rotatable bonds is 4. The second-order valence-electron chi connectivity index (χ2n) is 6.11. The summed E-state index contributed by atoms with van der Waals surface area (Å²) in [4.78, 5) is 17.5. The summed E-state index contributed by atoms with van der Waals surface area (Å²) in [6.45, 7) is 3.93. The Bertz CT molecular complexity index is 594. The number of halogens is 2. The second kappa shape index (κ2) is 9.80. The van der Waals surface area contributed by atoms with Gasteiger partial charge in [0.05, 0.1) is 0 Å². The summed E-state index contributed by atoms with van der Waals surface area (Å²) in [7, 11) is 1.73. The number of carbonyl (C=O) groups is 1. The van der Waals surface area contributed by atoms with Crippen LogP contribution >= 0.6 is 24.0 Å². The number of carbonyl (C=O) groups excluding carboxylic acids is 1. The molecule has 1 amide bonds. The Morgan fingerprint density at radius 3 is 2.88 bits per heavy atom. The minimum atomic E-state index is -0.255. The number of nitrogens with zero attached hydrogens (tertiary/aromatic N) is 2. The summed E-state index contributed by atoms with van der Waals surface area (Å²) >= 11 is 0. The summed E-state index contributed by atoms with van der Waals surface area (Å²) in [6, 6.07) is 5.23. The number of amides is 1. The second-order valence-corrected chi connectivity index (χ2v) is 6.11. The van der Waals surface area contributed by atoms with Crippen molar-refractivity contribution in [3.05, 3.63) is 35.1 Å². The molecule has 24 heavy (non-hydrogen) atoms. The predicted molar refractivity (Wildman–Crippen MR) is 105 cm³/mol. The molecule has 0 aromatic heterocycles. The monoisotopic (exact) mass is 448 g/mol. The van der Waals surface area contributed by atoms with Crippen LogP contribution < -0.4 is 11.1 Å². The summed E-state index contributed by atoms with van der Waals surface area (Å²) in [6.07, 6.45) is 2.44. The molecule has 1 atom stereocenters. The van der Waals surface area contributed by atoms with Crippen LogP contribution in [0.2, 0.25) is 0 Å². The molecule has 3 N–H and O–H groups in total. The Morgan fingerprint density at radius 2 is 2.25 bits per heavy atom. The number of nitrogens with one attached hydrogen (secondary N) is 1. The van der Waals surface area contributed by atoms with Gasteiger partial charge in [0.2, 0.25) is 5.91 Å². The van der Waals surface area contributed by atoms with Crippen molar-refractivity contribution < 1.29 is 9.18 Å². The van der Waals surface area contributed by atoms with Crippen molar-refractivity contribution in [2.45, 2.75) is 32.7 Å². The van der Waals surface area contributed by atoms with E-state index in [1.54, 1.807) is 26.1 Å². The maximum Gasteiger partial charge on any atom is 0.217 e. The molecule has 1 heterocycles. The van der Waals surface area contributed by atoms with Gasteiger partial charge in [0.1, 0.15) is 5.82 Å². The Hall–Kier alpha value is -1.38. The smallest absolute Gasteiger partial charge is 0.217 e. The molecule has 1 aromatic rings. The van der Waals surface area contributed by atoms with Gasteiger partial charge in [-0.3, -0.25) is 9.79 Å². The van der Waals surface area contributed by atoms with Crippen molar-refractivity contribution in [2.75, 3.05) is 20.1 Å². The molecule has 0 bridgehead atoms. The zero-order valence-corrected chi connectivity index (χ0v) is 16.5. The first-order valence-corrected chi connectivity index (χ1v) is 7.98. The summed E-state index contributed by atoms with van der Waals surface area (Å²) in [5.74, 6) is 0.602. The molecule has 1 aliphatic heterocycles. The van der Waals surface area contributed by atoms with Crippen LogP contribution in [-0.2, 0) is 11.3 Å². The zero-order valence-electron chi connectivity index (χ0n) is 14.2. The number of hydrogen-bond acceptors (Lipinski definition) is 2. The van der Waals surface area contributed by atoms with Gasteiger partial charge in [-0.2, -0.15) is 0 Å².